The van der Waals surface area contributed by atoms with E-state index in [-0.39, 0.29) is 18.7 Å². The fourth-order valence-corrected chi connectivity index (χ4v) is 2.37. The van der Waals surface area contributed by atoms with E-state index in [9.17, 15) is 4.79 Å². The molecule has 0 fully saturated rings. The van der Waals surface area contributed by atoms with E-state index in [0.717, 1.165) is 11.3 Å². The fraction of sp³-hybridized carbons (Fsp3) is 0.111. The first kappa shape index (κ1) is 15.0. The molecule has 0 aliphatic rings. The minimum atomic E-state index is -0.170. The van der Waals surface area contributed by atoms with Crippen LogP contribution in [0.5, 0.6) is 0 Å². The summed E-state index contributed by atoms with van der Waals surface area (Å²) in [5.41, 5.74) is 2.69. The number of aromatic nitrogens is 2. The van der Waals surface area contributed by atoms with Crippen molar-refractivity contribution in [2.24, 2.45) is 4.99 Å². The van der Waals surface area contributed by atoms with Gasteiger partial charge in [0, 0.05) is 11.8 Å². The Labute approximate surface area is 133 Å². The number of aliphatic hydroxyl groups excluding tert-OH is 1. The SMILES string of the molecule is O=c1c(C=NCCO)c(-c2ccccc2)[nH]n1-c1ccccc1. The number of aliphatic imine (C=N–C) groups is 1. The lowest BCUT2D eigenvalue weighted by Gasteiger charge is -2.01. The highest BCUT2D eigenvalue weighted by Crippen LogP contribution is 2.19. The zero-order chi connectivity index (χ0) is 16.1. The summed E-state index contributed by atoms with van der Waals surface area (Å²) in [6.45, 7) is 0.221. The van der Waals surface area contributed by atoms with Gasteiger partial charge in [-0.2, -0.15) is 0 Å². The molecule has 0 amide bonds. The first-order valence-electron chi connectivity index (χ1n) is 7.38. The summed E-state index contributed by atoms with van der Waals surface area (Å²) >= 11 is 0. The number of rotatable bonds is 5. The number of hydrogen-bond donors (Lipinski definition) is 2. The molecule has 0 unspecified atom stereocenters. The fourth-order valence-electron chi connectivity index (χ4n) is 2.37. The van der Waals surface area contributed by atoms with Crippen LogP contribution in [0.1, 0.15) is 5.56 Å². The van der Waals surface area contributed by atoms with Gasteiger partial charge in [-0.3, -0.25) is 14.9 Å². The van der Waals surface area contributed by atoms with E-state index in [4.69, 9.17) is 5.11 Å². The second-order valence-electron chi connectivity index (χ2n) is 5.00. The first-order valence-corrected chi connectivity index (χ1v) is 7.38. The lowest BCUT2D eigenvalue weighted by atomic mass is 10.1. The van der Waals surface area contributed by atoms with Gasteiger partial charge in [-0.1, -0.05) is 48.5 Å². The van der Waals surface area contributed by atoms with E-state index >= 15 is 0 Å². The topological polar surface area (TPSA) is 70.4 Å². The molecule has 1 heterocycles. The molecule has 0 saturated carbocycles. The summed E-state index contributed by atoms with van der Waals surface area (Å²) in [6, 6.07) is 19.0. The largest absolute Gasteiger partial charge is 0.394 e. The van der Waals surface area contributed by atoms with Crippen molar-refractivity contribution in [3.8, 4) is 16.9 Å². The van der Waals surface area contributed by atoms with E-state index in [1.807, 2.05) is 60.7 Å². The van der Waals surface area contributed by atoms with Gasteiger partial charge in [0.05, 0.1) is 30.1 Å². The van der Waals surface area contributed by atoms with Crippen molar-refractivity contribution in [3.63, 3.8) is 0 Å². The highest BCUT2D eigenvalue weighted by molar-refractivity contribution is 5.88. The number of nitrogens with zero attached hydrogens (tertiary/aromatic N) is 2. The Morgan fingerprint density at radius 1 is 1.04 bits per heavy atom. The molecule has 5 heteroatoms. The van der Waals surface area contributed by atoms with Crippen molar-refractivity contribution < 1.29 is 5.11 Å². The maximum absolute atomic E-state index is 12.7. The van der Waals surface area contributed by atoms with E-state index in [1.54, 1.807) is 0 Å². The average Bonchev–Trinajstić information content (AvgIpc) is 2.94. The highest BCUT2D eigenvalue weighted by atomic mass is 16.3. The molecule has 0 spiro atoms. The molecular weight excluding hydrogens is 290 g/mol. The summed E-state index contributed by atoms with van der Waals surface area (Å²) in [4.78, 5) is 16.8. The van der Waals surface area contributed by atoms with E-state index < -0.39 is 0 Å². The molecule has 2 aromatic carbocycles. The lowest BCUT2D eigenvalue weighted by molar-refractivity contribution is 0.307. The minimum Gasteiger partial charge on any atom is -0.394 e. The van der Waals surface area contributed by atoms with Crippen LogP contribution in [0, 0.1) is 0 Å². The van der Waals surface area contributed by atoms with E-state index in [2.05, 4.69) is 10.1 Å². The molecule has 0 saturated heterocycles. The van der Waals surface area contributed by atoms with Crippen LogP contribution in [0.15, 0.2) is 70.5 Å². The molecule has 2 N–H and O–H groups in total. The Morgan fingerprint density at radius 3 is 2.35 bits per heavy atom. The van der Waals surface area contributed by atoms with Crippen LogP contribution >= 0.6 is 0 Å². The maximum atomic E-state index is 12.7. The van der Waals surface area contributed by atoms with Gasteiger partial charge < -0.3 is 5.11 Å². The summed E-state index contributed by atoms with van der Waals surface area (Å²) in [5, 5.41) is 12.0. The molecular formula is C18H17N3O2. The van der Waals surface area contributed by atoms with E-state index in [0.29, 0.717) is 11.3 Å². The van der Waals surface area contributed by atoms with Crippen molar-refractivity contribution in [1.29, 1.82) is 0 Å². The maximum Gasteiger partial charge on any atom is 0.280 e. The summed E-state index contributed by atoms with van der Waals surface area (Å²) in [5.74, 6) is 0. The van der Waals surface area contributed by atoms with Gasteiger partial charge in [0.15, 0.2) is 0 Å². The van der Waals surface area contributed by atoms with Crippen LogP contribution in [-0.4, -0.2) is 34.3 Å². The molecule has 3 aromatic rings. The molecule has 0 radical (unpaired) electrons. The van der Waals surface area contributed by atoms with Crippen molar-refractivity contribution in [3.05, 3.63) is 76.6 Å². The quantitative estimate of drug-likeness (QED) is 0.710. The third-order valence-corrected chi connectivity index (χ3v) is 3.45. The average molecular weight is 307 g/mol. The number of benzene rings is 2. The number of aromatic amines is 1. The highest BCUT2D eigenvalue weighted by Gasteiger charge is 2.14. The molecule has 0 aliphatic heterocycles. The molecule has 5 nitrogen and oxygen atoms in total. The number of aliphatic hydroxyl groups is 1. The Balaban J connectivity index is 2.16. The molecule has 23 heavy (non-hydrogen) atoms. The summed E-state index contributed by atoms with van der Waals surface area (Å²) in [7, 11) is 0. The zero-order valence-electron chi connectivity index (χ0n) is 12.5. The third kappa shape index (κ3) is 3.14. The summed E-state index contributed by atoms with van der Waals surface area (Å²) in [6.07, 6.45) is 1.52. The van der Waals surface area contributed by atoms with Crippen LogP contribution in [0.25, 0.3) is 16.9 Å². The van der Waals surface area contributed by atoms with Crippen LogP contribution in [0.3, 0.4) is 0 Å². The Hall–Kier alpha value is -2.92. The summed E-state index contributed by atoms with van der Waals surface area (Å²) < 4.78 is 1.50. The standard InChI is InChI=1S/C18H17N3O2/c22-12-11-19-13-16-17(14-7-3-1-4-8-14)20-21(18(16)23)15-9-5-2-6-10-15/h1-10,13,20,22H,11-12H2. The van der Waals surface area contributed by atoms with Gasteiger partial charge in [0.25, 0.3) is 5.56 Å². The Morgan fingerprint density at radius 2 is 1.70 bits per heavy atom. The second-order valence-corrected chi connectivity index (χ2v) is 5.00. The molecule has 1 aromatic heterocycles. The minimum absolute atomic E-state index is 0.0472. The van der Waals surface area contributed by atoms with Crippen molar-refractivity contribution in [2.75, 3.05) is 13.2 Å². The van der Waals surface area contributed by atoms with E-state index in [1.165, 1.54) is 10.9 Å². The Kier molecular flexibility index (Phi) is 4.49. The predicted octanol–water partition coefficient (Wildman–Crippen LogP) is 2.24. The molecule has 0 atom stereocenters. The smallest absolute Gasteiger partial charge is 0.280 e. The number of nitrogens with one attached hydrogen (secondary N) is 1. The molecule has 116 valence electrons. The predicted molar refractivity (Wildman–Crippen MR) is 91.4 cm³/mol. The normalized spacial score (nSPS) is 11.2. The lowest BCUT2D eigenvalue weighted by Crippen LogP contribution is -2.17. The van der Waals surface area contributed by atoms with Crippen LogP contribution < -0.4 is 5.56 Å². The first-order chi connectivity index (χ1) is 11.3. The number of H-pyrrole nitrogens is 1. The van der Waals surface area contributed by atoms with Gasteiger partial charge in [-0.25, -0.2) is 4.68 Å². The molecule has 0 aliphatic carbocycles. The van der Waals surface area contributed by atoms with Crippen LogP contribution in [0.4, 0.5) is 0 Å². The molecule has 3 rings (SSSR count). The molecule has 0 bridgehead atoms. The number of para-hydroxylation sites is 1. The van der Waals surface area contributed by atoms with Gasteiger partial charge in [0.2, 0.25) is 0 Å². The Bertz CT molecular complexity index is 849. The van der Waals surface area contributed by atoms with Gasteiger partial charge in [0.1, 0.15) is 0 Å². The van der Waals surface area contributed by atoms with Crippen LogP contribution in [0.2, 0.25) is 0 Å². The second kappa shape index (κ2) is 6.89. The monoisotopic (exact) mass is 307 g/mol. The van der Waals surface area contributed by atoms with Gasteiger partial charge in [-0.15, -0.1) is 0 Å². The van der Waals surface area contributed by atoms with Crippen molar-refractivity contribution in [1.82, 2.24) is 9.78 Å². The van der Waals surface area contributed by atoms with Gasteiger partial charge >= 0.3 is 0 Å². The van der Waals surface area contributed by atoms with Gasteiger partial charge in [-0.05, 0) is 12.1 Å². The third-order valence-electron chi connectivity index (χ3n) is 3.45. The number of hydrogen-bond acceptors (Lipinski definition) is 3. The van der Waals surface area contributed by atoms with Crippen LogP contribution in [-0.2, 0) is 0 Å². The zero-order valence-corrected chi connectivity index (χ0v) is 12.5. The van der Waals surface area contributed by atoms with Crippen molar-refractivity contribution in [2.45, 2.75) is 0 Å². The van der Waals surface area contributed by atoms with Crippen molar-refractivity contribution >= 4 is 6.21 Å².